The van der Waals surface area contributed by atoms with Crippen LogP contribution in [0.4, 0.5) is 0 Å². The minimum absolute atomic E-state index is 0.810. The molecule has 2 fully saturated rings. The molecule has 2 bridgehead atoms. The molecule has 0 aromatic heterocycles. The maximum Gasteiger partial charge on any atom is 0.0208 e. The lowest BCUT2D eigenvalue weighted by Gasteiger charge is -2.10. The molecule has 54 valence electrons. The van der Waals surface area contributed by atoms with E-state index >= 15 is 0 Å². The molecule has 0 aliphatic carbocycles. The van der Waals surface area contributed by atoms with Gasteiger partial charge in [-0.2, -0.15) is 0 Å². The minimum atomic E-state index is 0.810. The molecule has 2 saturated heterocycles. The summed E-state index contributed by atoms with van der Waals surface area (Å²) in [5.41, 5.74) is 0. The van der Waals surface area contributed by atoms with Crippen LogP contribution in [0.1, 0.15) is 20.3 Å². The van der Waals surface area contributed by atoms with Gasteiger partial charge in [0.2, 0.25) is 0 Å². The second kappa shape index (κ2) is 3.18. The van der Waals surface area contributed by atoms with Crippen LogP contribution >= 0.6 is 0 Å². The van der Waals surface area contributed by atoms with Gasteiger partial charge in [-0.3, -0.25) is 0 Å². The molecule has 2 heteroatoms. The Morgan fingerprint density at radius 1 is 1.00 bits per heavy atom. The van der Waals surface area contributed by atoms with Crippen molar-refractivity contribution >= 4 is 0 Å². The quantitative estimate of drug-likeness (QED) is 0.492. The molecular formula is C7H16N2. The Hall–Kier alpha value is -0.0800. The summed E-state index contributed by atoms with van der Waals surface area (Å²) in [6.07, 6.45) is 1.36. The Morgan fingerprint density at radius 3 is 1.56 bits per heavy atom. The lowest BCUT2D eigenvalue weighted by atomic mass is 10.3. The Morgan fingerprint density at radius 2 is 1.44 bits per heavy atom. The normalized spacial score (nSPS) is 38.0. The van der Waals surface area contributed by atoms with Gasteiger partial charge in [0.15, 0.2) is 0 Å². The predicted molar refractivity (Wildman–Crippen MR) is 39.5 cm³/mol. The topological polar surface area (TPSA) is 24.1 Å². The van der Waals surface area contributed by atoms with Crippen LogP contribution in [-0.4, -0.2) is 25.2 Å². The van der Waals surface area contributed by atoms with Crippen molar-refractivity contribution in [2.24, 2.45) is 0 Å². The molecule has 0 saturated carbocycles. The van der Waals surface area contributed by atoms with Crippen molar-refractivity contribution in [1.29, 1.82) is 0 Å². The summed E-state index contributed by atoms with van der Waals surface area (Å²) in [6.45, 7) is 6.40. The van der Waals surface area contributed by atoms with Gasteiger partial charge in [-0.05, 0) is 6.42 Å². The average Bonchev–Trinajstić information content (AvgIpc) is 2.53. The largest absolute Gasteiger partial charge is 0.311 e. The van der Waals surface area contributed by atoms with Crippen LogP contribution in [0.5, 0.6) is 0 Å². The molecule has 9 heavy (non-hydrogen) atoms. The maximum atomic E-state index is 3.39. The van der Waals surface area contributed by atoms with Gasteiger partial charge in [0, 0.05) is 25.2 Å². The molecule has 2 unspecified atom stereocenters. The third kappa shape index (κ3) is 1.43. The van der Waals surface area contributed by atoms with Gasteiger partial charge in [0.05, 0.1) is 0 Å². The van der Waals surface area contributed by atoms with Crippen LogP contribution in [0.3, 0.4) is 0 Å². The van der Waals surface area contributed by atoms with Gasteiger partial charge in [-0.1, -0.05) is 13.8 Å². The number of hydrogen-bond donors (Lipinski definition) is 2. The highest BCUT2D eigenvalue weighted by atomic mass is 15.1. The molecule has 2 nitrogen and oxygen atoms in total. The fourth-order valence-electron chi connectivity index (χ4n) is 1.44. The van der Waals surface area contributed by atoms with E-state index in [0.29, 0.717) is 0 Å². The van der Waals surface area contributed by atoms with Gasteiger partial charge < -0.3 is 10.6 Å². The number of piperazine rings is 1. The molecular weight excluding hydrogens is 112 g/mol. The summed E-state index contributed by atoms with van der Waals surface area (Å²) in [5, 5.41) is 6.79. The third-order valence-corrected chi connectivity index (χ3v) is 1.87. The van der Waals surface area contributed by atoms with Crippen LogP contribution in [0, 0.1) is 0 Å². The highest BCUT2D eigenvalue weighted by Crippen LogP contribution is 2.11. The van der Waals surface area contributed by atoms with Crippen molar-refractivity contribution in [3.8, 4) is 0 Å². The summed E-state index contributed by atoms with van der Waals surface area (Å²) in [6, 6.07) is 1.62. The van der Waals surface area contributed by atoms with Crippen molar-refractivity contribution in [3.05, 3.63) is 0 Å². The van der Waals surface area contributed by atoms with E-state index in [-0.39, 0.29) is 0 Å². The molecule has 0 radical (unpaired) electrons. The van der Waals surface area contributed by atoms with E-state index in [0.717, 1.165) is 12.1 Å². The molecule has 2 N–H and O–H groups in total. The summed E-state index contributed by atoms with van der Waals surface area (Å²) < 4.78 is 0. The highest BCUT2D eigenvalue weighted by molar-refractivity contribution is 4.94. The van der Waals surface area contributed by atoms with Crippen LogP contribution in [-0.2, 0) is 0 Å². The molecule has 2 atom stereocenters. The Kier molecular flexibility index (Phi) is 2.49. The van der Waals surface area contributed by atoms with Gasteiger partial charge >= 0.3 is 0 Å². The molecule has 2 aliphatic rings. The van der Waals surface area contributed by atoms with Crippen LogP contribution in [0.15, 0.2) is 0 Å². The molecule has 0 spiro atoms. The third-order valence-electron chi connectivity index (χ3n) is 1.87. The lowest BCUT2D eigenvalue weighted by molar-refractivity contribution is 0.528. The van der Waals surface area contributed by atoms with E-state index in [1.54, 1.807) is 0 Å². The Bertz CT molecular complexity index is 65.0. The first-order valence-corrected chi connectivity index (χ1v) is 3.92. The number of hydrogen-bond acceptors (Lipinski definition) is 2. The molecule has 0 aromatic rings. The van der Waals surface area contributed by atoms with E-state index in [2.05, 4.69) is 10.6 Å². The zero-order valence-electron chi connectivity index (χ0n) is 6.28. The first-order valence-electron chi connectivity index (χ1n) is 3.92. The molecule has 2 rings (SSSR count). The van der Waals surface area contributed by atoms with Gasteiger partial charge in [-0.25, -0.2) is 0 Å². The molecule has 2 heterocycles. The zero-order valence-corrected chi connectivity index (χ0v) is 6.28. The summed E-state index contributed by atoms with van der Waals surface area (Å²) in [4.78, 5) is 0. The number of fused-ring (bicyclic) bond motifs is 2. The first kappa shape index (κ1) is 7.03. The standard InChI is InChI=1S/C5H10N2.C2H6/c1-4-2-6-5(1)3-7-4;1-2/h4-7H,1-3H2;1-2H3. The van der Waals surface area contributed by atoms with Crippen LogP contribution < -0.4 is 10.6 Å². The fourth-order valence-corrected chi connectivity index (χ4v) is 1.44. The van der Waals surface area contributed by atoms with E-state index < -0.39 is 0 Å². The molecule has 0 aromatic carbocycles. The Balaban J connectivity index is 0.000000186. The second-order valence-corrected chi connectivity index (χ2v) is 2.45. The van der Waals surface area contributed by atoms with E-state index in [1.807, 2.05) is 13.8 Å². The summed E-state index contributed by atoms with van der Waals surface area (Å²) in [5.74, 6) is 0. The molecule has 0 amide bonds. The minimum Gasteiger partial charge on any atom is -0.311 e. The number of nitrogens with one attached hydrogen (secondary N) is 2. The van der Waals surface area contributed by atoms with Crippen molar-refractivity contribution in [2.45, 2.75) is 32.4 Å². The number of rotatable bonds is 0. The fraction of sp³-hybridized carbons (Fsp3) is 1.00. The van der Waals surface area contributed by atoms with E-state index in [1.165, 1.54) is 19.5 Å². The maximum absolute atomic E-state index is 3.39. The van der Waals surface area contributed by atoms with Crippen molar-refractivity contribution in [3.63, 3.8) is 0 Å². The summed E-state index contributed by atoms with van der Waals surface area (Å²) >= 11 is 0. The van der Waals surface area contributed by atoms with Crippen molar-refractivity contribution in [2.75, 3.05) is 13.1 Å². The Labute approximate surface area is 57.0 Å². The average molecular weight is 128 g/mol. The smallest absolute Gasteiger partial charge is 0.0208 e. The van der Waals surface area contributed by atoms with Crippen molar-refractivity contribution in [1.82, 2.24) is 10.6 Å². The monoisotopic (exact) mass is 128 g/mol. The second-order valence-electron chi connectivity index (χ2n) is 2.45. The molecule has 2 aliphatic heterocycles. The first-order chi connectivity index (χ1) is 4.45. The van der Waals surface area contributed by atoms with Gasteiger partial charge in [-0.15, -0.1) is 0 Å². The van der Waals surface area contributed by atoms with Gasteiger partial charge in [0.25, 0.3) is 0 Å². The SMILES string of the molecule is C1NC2CNC1C2.CC. The predicted octanol–water partition coefficient (Wildman–Crippen LogP) is 0.346. The highest BCUT2D eigenvalue weighted by Gasteiger charge is 2.29. The van der Waals surface area contributed by atoms with Crippen LogP contribution in [0.25, 0.3) is 0 Å². The zero-order chi connectivity index (χ0) is 6.69. The van der Waals surface area contributed by atoms with E-state index in [4.69, 9.17) is 0 Å². The lowest BCUT2D eigenvalue weighted by Crippen LogP contribution is -2.39. The van der Waals surface area contributed by atoms with Gasteiger partial charge in [0.1, 0.15) is 0 Å². The van der Waals surface area contributed by atoms with E-state index in [9.17, 15) is 0 Å². The van der Waals surface area contributed by atoms with Crippen molar-refractivity contribution < 1.29 is 0 Å². The summed E-state index contributed by atoms with van der Waals surface area (Å²) in [7, 11) is 0. The van der Waals surface area contributed by atoms with Crippen LogP contribution in [0.2, 0.25) is 0 Å².